The zero-order valence-electron chi connectivity index (χ0n) is 13.3. The number of aromatic nitrogens is 1. The van der Waals surface area contributed by atoms with Crippen LogP contribution in [0.2, 0.25) is 0 Å². The number of oxazole rings is 1. The number of rotatable bonds is 3. The van der Waals surface area contributed by atoms with Gasteiger partial charge in [0.2, 0.25) is 0 Å². The molecular weight excluding hydrogens is 296 g/mol. The molecule has 2 unspecified atom stereocenters. The van der Waals surface area contributed by atoms with Gasteiger partial charge in [0.25, 0.3) is 5.91 Å². The zero-order chi connectivity index (χ0) is 16.4. The van der Waals surface area contributed by atoms with Crippen LogP contribution in [0.15, 0.2) is 29.0 Å². The van der Waals surface area contributed by atoms with Crippen molar-refractivity contribution in [2.45, 2.75) is 20.3 Å². The van der Waals surface area contributed by atoms with E-state index in [0.29, 0.717) is 28.5 Å². The third kappa shape index (κ3) is 3.36. The number of esters is 1. The lowest BCUT2D eigenvalue weighted by atomic mass is 9.92. The summed E-state index contributed by atoms with van der Waals surface area (Å²) in [5.41, 5.74) is 1.28. The third-order valence-electron chi connectivity index (χ3n) is 4.13. The van der Waals surface area contributed by atoms with E-state index in [1.807, 2.05) is 0 Å². The quantitative estimate of drug-likeness (QED) is 0.813. The van der Waals surface area contributed by atoms with Crippen molar-refractivity contribution < 1.29 is 18.7 Å². The highest BCUT2D eigenvalue weighted by Crippen LogP contribution is 2.21. The van der Waals surface area contributed by atoms with Crippen molar-refractivity contribution >= 4 is 23.0 Å². The first-order valence-corrected chi connectivity index (χ1v) is 7.81. The van der Waals surface area contributed by atoms with Crippen molar-refractivity contribution in [3.05, 3.63) is 30.2 Å². The number of para-hydroxylation sites is 1. The van der Waals surface area contributed by atoms with Gasteiger partial charge in [0, 0.05) is 13.1 Å². The summed E-state index contributed by atoms with van der Waals surface area (Å²) < 4.78 is 10.3. The summed E-state index contributed by atoms with van der Waals surface area (Å²) in [5.74, 6) is 0.240. The highest BCUT2D eigenvalue weighted by atomic mass is 16.5. The Kier molecular flexibility index (Phi) is 4.32. The van der Waals surface area contributed by atoms with Crippen LogP contribution in [-0.4, -0.2) is 41.5 Å². The minimum Gasteiger partial charge on any atom is -0.452 e. The molecule has 1 aliphatic rings. The van der Waals surface area contributed by atoms with E-state index in [0.717, 1.165) is 19.5 Å². The van der Waals surface area contributed by atoms with Crippen LogP contribution in [0.4, 0.5) is 0 Å². The molecule has 1 fully saturated rings. The van der Waals surface area contributed by atoms with Crippen LogP contribution in [0.1, 0.15) is 30.6 Å². The van der Waals surface area contributed by atoms with Gasteiger partial charge in [-0.25, -0.2) is 9.78 Å². The van der Waals surface area contributed by atoms with Crippen LogP contribution in [0.5, 0.6) is 0 Å². The fourth-order valence-electron chi connectivity index (χ4n) is 3.21. The van der Waals surface area contributed by atoms with Gasteiger partial charge in [0.05, 0.1) is 5.56 Å². The second-order valence-electron chi connectivity index (χ2n) is 6.33. The molecule has 0 spiro atoms. The summed E-state index contributed by atoms with van der Waals surface area (Å²) in [4.78, 5) is 30.2. The molecule has 0 radical (unpaired) electrons. The number of carbonyl (C=O) groups excluding carboxylic acids is 2. The summed E-state index contributed by atoms with van der Waals surface area (Å²) in [5, 5.41) is 0. The number of hydrogen-bond donors (Lipinski definition) is 0. The average molecular weight is 316 g/mol. The summed E-state index contributed by atoms with van der Waals surface area (Å²) in [6, 6.07) is 5.03. The van der Waals surface area contributed by atoms with E-state index >= 15 is 0 Å². The number of fused-ring (bicyclic) bond motifs is 1. The number of likely N-dealkylation sites (tertiary alicyclic amines) is 1. The van der Waals surface area contributed by atoms with Gasteiger partial charge in [0.15, 0.2) is 18.6 Å². The van der Waals surface area contributed by atoms with E-state index in [1.54, 1.807) is 23.1 Å². The maximum absolute atomic E-state index is 12.3. The van der Waals surface area contributed by atoms with Gasteiger partial charge in [0.1, 0.15) is 5.52 Å². The Bertz CT molecular complexity index is 714. The molecule has 3 rings (SSSR count). The number of hydrogen-bond acceptors (Lipinski definition) is 5. The predicted molar refractivity (Wildman–Crippen MR) is 83.8 cm³/mol. The predicted octanol–water partition coefficient (Wildman–Crippen LogP) is 2.49. The maximum Gasteiger partial charge on any atom is 0.340 e. The molecule has 23 heavy (non-hydrogen) atoms. The summed E-state index contributed by atoms with van der Waals surface area (Å²) in [6.45, 7) is 5.46. The highest BCUT2D eigenvalue weighted by molar-refractivity contribution is 6.01. The molecule has 6 nitrogen and oxygen atoms in total. The third-order valence-corrected chi connectivity index (χ3v) is 4.13. The van der Waals surface area contributed by atoms with Crippen molar-refractivity contribution in [3.8, 4) is 0 Å². The molecule has 0 aliphatic carbocycles. The standard InChI is InChI=1S/C17H20N2O4/c1-11-6-12(2)8-19(7-11)15(20)9-22-17(21)13-4-3-5-14-16(13)18-10-23-14/h3-5,10-12H,6-9H2,1-2H3. The molecule has 0 N–H and O–H groups in total. The van der Waals surface area contributed by atoms with Crippen LogP contribution in [0.3, 0.4) is 0 Å². The molecule has 0 saturated carbocycles. The number of ether oxygens (including phenoxy) is 1. The molecule has 1 amide bonds. The van der Waals surface area contributed by atoms with Gasteiger partial charge in [-0.05, 0) is 30.4 Å². The van der Waals surface area contributed by atoms with Crippen molar-refractivity contribution in [3.63, 3.8) is 0 Å². The van der Waals surface area contributed by atoms with Crippen molar-refractivity contribution in [2.75, 3.05) is 19.7 Å². The van der Waals surface area contributed by atoms with Crippen molar-refractivity contribution in [2.24, 2.45) is 11.8 Å². The number of amides is 1. The average Bonchev–Trinajstić information content (AvgIpc) is 2.99. The SMILES string of the molecule is CC1CC(C)CN(C(=O)COC(=O)c2cccc3ocnc23)C1. The molecule has 1 aromatic heterocycles. The molecule has 2 atom stereocenters. The smallest absolute Gasteiger partial charge is 0.340 e. The topological polar surface area (TPSA) is 72.6 Å². The monoisotopic (exact) mass is 316 g/mol. The van der Waals surface area contributed by atoms with Gasteiger partial charge in [-0.3, -0.25) is 4.79 Å². The summed E-state index contributed by atoms with van der Waals surface area (Å²) in [7, 11) is 0. The largest absolute Gasteiger partial charge is 0.452 e. The number of nitrogens with zero attached hydrogens (tertiary/aromatic N) is 2. The normalized spacial score (nSPS) is 21.4. The highest BCUT2D eigenvalue weighted by Gasteiger charge is 2.26. The molecule has 1 aliphatic heterocycles. The molecule has 1 saturated heterocycles. The molecule has 2 aromatic rings. The molecule has 6 heteroatoms. The lowest BCUT2D eigenvalue weighted by molar-refractivity contribution is -0.137. The Labute approximate surface area is 134 Å². The van der Waals surface area contributed by atoms with E-state index in [9.17, 15) is 9.59 Å². The summed E-state index contributed by atoms with van der Waals surface area (Å²) in [6.07, 6.45) is 2.40. The minimum absolute atomic E-state index is 0.149. The minimum atomic E-state index is -0.559. The molecule has 122 valence electrons. The maximum atomic E-state index is 12.3. The van der Waals surface area contributed by atoms with Crippen molar-refractivity contribution in [1.82, 2.24) is 9.88 Å². The Balaban J connectivity index is 1.62. The van der Waals surface area contributed by atoms with Crippen LogP contribution in [-0.2, 0) is 9.53 Å². The van der Waals surface area contributed by atoms with Gasteiger partial charge in [-0.1, -0.05) is 19.9 Å². The number of benzene rings is 1. The Hall–Kier alpha value is -2.37. The second-order valence-corrected chi connectivity index (χ2v) is 6.33. The van der Waals surface area contributed by atoms with E-state index in [2.05, 4.69) is 18.8 Å². The molecule has 0 bridgehead atoms. The lowest BCUT2D eigenvalue weighted by Crippen LogP contribution is -2.44. The van der Waals surface area contributed by atoms with Gasteiger partial charge in [-0.15, -0.1) is 0 Å². The van der Waals surface area contributed by atoms with Crippen LogP contribution in [0, 0.1) is 11.8 Å². The van der Waals surface area contributed by atoms with Crippen LogP contribution in [0.25, 0.3) is 11.1 Å². The lowest BCUT2D eigenvalue weighted by Gasteiger charge is -2.34. The van der Waals surface area contributed by atoms with Crippen LogP contribution >= 0.6 is 0 Å². The van der Waals surface area contributed by atoms with E-state index < -0.39 is 5.97 Å². The van der Waals surface area contributed by atoms with E-state index in [-0.39, 0.29) is 12.5 Å². The first kappa shape index (κ1) is 15.5. The Morgan fingerprint density at radius 2 is 2.04 bits per heavy atom. The van der Waals surface area contributed by atoms with Crippen LogP contribution < -0.4 is 0 Å². The number of carbonyl (C=O) groups is 2. The molecule has 1 aromatic carbocycles. The Morgan fingerprint density at radius 3 is 2.78 bits per heavy atom. The second kappa shape index (κ2) is 6.40. The first-order valence-electron chi connectivity index (χ1n) is 7.81. The fraction of sp³-hybridized carbons (Fsp3) is 0.471. The van der Waals surface area contributed by atoms with E-state index in [4.69, 9.17) is 9.15 Å². The number of piperidine rings is 1. The fourth-order valence-corrected chi connectivity index (χ4v) is 3.21. The van der Waals surface area contributed by atoms with Gasteiger partial charge >= 0.3 is 5.97 Å². The van der Waals surface area contributed by atoms with Crippen molar-refractivity contribution in [1.29, 1.82) is 0 Å². The summed E-state index contributed by atoms with van der Waals surface area (Å²) >= 11 is 0. The molecular formula is C17H20N2O4. The van der Waals surface area contributed by atoms with Gasteiger partial charge in [-0.2, -0.15) is 0 Å². The molecule has 2 heterocycles. The first-order chi connectivity index (χ1) is 11.0. The van der Waals surface area contributed by atoms with Gasteiger partial charge < -0.3 is 14.1 Å². The van der Waals surface area contributed by atoms with E-state index in [1.165, 1.54) is 6.39 Å². The Morgan fingerprint density at radius 1 is 1.30 bits per heavy atom. The zero-order valence-corrected chi connectivity index (χ0v) is 13.3.